The molecule has 1 atom stereocenters. The summed E-state index contributed by atoms with van der Waals surface area (Å²) in [6.45, 7) is 0.0803. The second-order valence-electron chi connectivity index (χ2n) is 8.58. The number of aromatic nitrogens is 2. The van der Waals surface area contributed by atoms with Crippen molar-refractivity contribution in [3.63, 3.8) is 0 Å². The lowest BCUT2D eigenvalue weighted by Crippen LogP contribution is -2.27. The number of nitrogens with one attached hydrogen (secondary N) is 1. The van der Waals surface area contributed by atoms with Gasteiger partial charge in [-0.25, -0.2) is 8.42 Å². The van der Waals surface area contributed by atoms with Gasteiger partial charge in [-0.05, 0) is 30.0 Å². The number of carbonyl (C=O) groups is 2. The van der Waals surface area contributed by atoms with E-state index in [0.717, 1.165) is 31.9 Å². The zero-order chi connectivity index (χ0) is 23.5. The first-order valence-electron chi connectivity index (χ1n) is 10.6. The Labute approximate surface area is 193 Å². The summed E-state index contributed by atoms with van der Waals surface area (Å²) in [6, 6.07) is 6.35. The van der Waals surface area contributed by atoms with Crippen molar-refractivity contribution in [2.45, 2.75) is 49.5 Å². The molecule has 0 radical (unpaired) electrons. The highest BCUT2D eigenvalue weighted by Crippen LogP contribution is 2.36. The zero-order valence-electron chi connectivity index (χ0n) is 18.5. The Morgan fingerprint density at radius 2 is 1.94 bits per heavy atom. The van der Waals surface area contributed by atoms with Crippen LogP contribution in [0.3, 0.4) is 0 Å². The van der Waals surface area contributed by atoms with Crippen molar-refractivity contribution in [3.8, 4) is 0 Å². The molecule has 1 fully saturated rings. The largest absolute Gasteiger partial charge is 0.347 e. The highest BCUT2D eigenvalue weighted by molar-refractivity contribution is 7.90. The first kappa shape index (κ1) is 24.3. The molecule has 1 N–H and O–H groups in total. The number of halogens is 1. The minimum absolute atomic E-state index is 0.0484. The fourth-order valence-corrected chi connectivity index (χ4v) is 5.36. The van der Waals surface area contributed by atoms with Crippen molar-refractivity contribution in [2.75, 3.05) is 25.7 Å². The van der Waals surface area contributed by atoms with Crippen LogP contribution in [-0.4, -0.2) is 55.3 Å². The number of rotatable bonds is 8. The van der Waals surface area contributed by atoms with Gasteiger partial charge in [-0.1, -0.05) is 43.4 Å². The van der Waals surface area contributed by atoms with E-state index in [4.69, 9.17) is 11.6 Å². The molecule has 0 aliphatic heterocycles. The summed E-state index contributed by atoms with van der Waals surface area (Å²) < 4.78 is 25.3. The van der Waals surface area contributed by atoms with E-state index in [1.54, 1.807) is 38.5 Å². The summed E-state index contributed by atoms with van der Waals surface area (Å²) in [5.74, 6) is -0.0427. The normalized spacial score (nSPS) is 15.5. The fourth-order valence-electron chi connectivity index (χ4n) is 4.02. The van der Waals surface area contributed by atoms with Crippen LogP contribution < -0.4 is 5.32 Å². The van der Waals surface area contributed by atoms with Gasteiger partial charge in [-0.15, -0.1) is 0 Å². The van der Waals surface area contributed by atoms with Gasteiger partial charge < -0.3 is 10.2 Å². The van der Waals surface area contributed by atoms with Crippen LogP contribution in [0.15, 0.2) is 35.4 Å². The van der Waals surface area contributed by atoms with Gasteiger partial charge in [0.1, 0.15) is 6.54 Å². The number of sulfone groups is 1. The number of anilines is 1. The van der Waals surface area contributed by atoms with Crippen LogP contribution in [0.5, 0.6) is 0 Å². The standard InChI is InChI=1S/C22H29ClN4O4S/c1-26(2)21(28)14-27-11-10-20(25-27)24-22(29)17(12-15-6-4-5-7-15)16-8-9-19(18(23)13-16)32(3,30)31/h8-11,13,15,17H,4-7,12,14H2,1-3H3,(H,24,25,29)/t17-/m1/s1. The molecule has 2 aromatic rings. The second-order valence-corrected chi connectivity index (χ2v) is 11.0. The predicted octanol–water partition coefficient (Wildman–Crippen LogP) is 3.33. The molecular formula is C22H29ClN4O4S. The molecule has 10 heteroatoms. The lowest BCUT2D eigenvalue weighted by Gasteiger charge is -2.21. The molecule has 1 heterocycles. The van der Waals surface area contributed by atoms with Crippen molar-refractivity contribution in [1.29, 1.82) is 0 Å². The molecule has 32 heavy (non-hydrogen) atoms. The van der Waals surface area contributed by atoms with Crippen molar-refractivity contribution in [3.05, 3.63) is 41.0 Å². The van der Waals surface area contributed by atoms with Gasteiger partial charge in [0.2, 0.25) is 11.8 Å². The van der Waals surface area contributed by atoms with E-state index in [0.29, 0.717) is 23.7 Å². The Hall–Kier alpha value is -2.39. The molecule has 2 amide bonds. The second kappa shape index (κ2) is 10.0. The topological polar surface area (TPSA) is 101 Å². The van der Waals surface area contributed by atoms with E-state index in [1.807, 2.05) is 0 Å². The van der Waals surface area contributed by atoms with Gasteiger partial charge in [-0.2, -0.15) is 5.10 Å². The van der Waals surface area contributed by atoms with Gasteiger partial charge in [0.25, 0.3) is 0 Å². The molecule has 0 saturated heterocycles. The SMILES string of the molecule is CN(C)C(=O)Cn1ccc(NC(=O)[C@H](CC2CCCC2)c2ccc(S(C)(=O)=O)c(Cl)c2)n1. The van der Waals surface area contributed by atoms with Gasteiger partial charge in [0.05, 0.1) is 15.8 Å². The number of nitrogens with zero attached hydrogens (tertiary/aromatic N) is 3. The van der Waals surface area contributed by atoms with Crippen molar-refractivity contribution in [2.24, 2.45) is 5.92 Å². The van der Waals surface area contributed by atoms with Crippen LogP contribution >= 0.6 is 11.6 Å². The molecule has 3 rings (SSSR count). The number of likely N-dealkylation sites (N-methyl/N-ethyl adjacent to an activating group) is 1. The van der Waals surface area contributed by atoms with Crippen LogP contribution in [0, 0.1) is 5.92 Å². The average Bonchev–Trinajstić information content (AvgIpc) is 3.36. The summed E-state index contributed by atoms with van der Waals surface area (Å²) in [5, 5.41) is 7.23. The molecule has 1 saturated carbocycles. The van der Waals surface area contributed by atoms with Crippen LogP contribution in [0.2, 0.25) is 5.02 Å². The van der Waals surface area contributed by atoms with E-state index in [9.17, 15) is 18.0 Å². The van der Waals surface area contributed by atoms with Crippen molar-refractivity contribution >= 4 is 39.1 Å². The summed E-state index contributed by atoms with van der Waals surface area (Å²) in [7, 11) is -0.119. The maximum absolute atomic E-state index is 13.2. The minimum Gasteiger partial charge on any atom is -0.347 e. The van der Waals surface area contributed by atoms with Crippen LogP contribution in [0.4, 0.5) is 5.82 Å². The molecular weight excluding hydrogens is 452 g/mol. The average molecular weight is 481 g/mol. The summed E-state index contributed by atoms with van der Waals surface area (Å²) in [6.07, 6.45) is 7.84. The van der Waals surface area contributed by atoms with Gasteiger partial charge in [-0.3, -0.25) is 14.3 Å². The highest BCUT2D eigenvalue weighted by atomic mass is 35.5. The van der Waals surface area contributed by atoms with E-state index >= 15 is 0 Å². The lowest BCUT2D eigenvalue weighted by atomic mass is 9.87. The molecule has 0 unspecified atom stereocenters. The Balaban J connectivity index is 1.81. The zero-order valence-corrected chi connectivity index (χ0v) is 20.1. The van der Waals surface area contributed by atoms with Gasteiger partial charge in [0.15, 0.2) is 15.7 Å². The Bertz CT molecular complexity index is 1090. The molecule has 174 valence electrons. The number of carbonyl (C=O) groups excluding carboxylic acids is 2. The maximum atomic E-state index is 13.2. The predicted molar refractivity (Wildman–Crippen MR) is 123 cm³/mol. The Morgan fingerprint density at radius 3 is 2.53 bits per heavy atom. The van der Waals surface area contributed by atoms with Crippen molar-refractivity contribution in [1.82, 2.24) is 14.7 Å². The monoisotopic (exact) mass is 480 g/mol. The molecule has 1 aliphatic rings. The van der Waals surface area contributed by atoms with Crippen LogP contribution in [0.1, 0.15) is 43.6 Å². The van der Waals surface area contributed by atoms with Crippen LogP contribution in [0.25, 0.3) is 0 Å². The first-order chi connectivity index (χ1) is 15.0. The number of amides is 2. The lowest BCUT2D eigenvalue weighted by molar-refractivity contribution is -0.129. The molecule has 1 aromatic heterocycles. The van der Waals surface area contributed by atoms with Crippen LogP contribution in [-0.2, 0) is 26.0 Å². The van der Waals surface area contributed by atoms with Crippen molar-refractivity contribution < 1.29 is 18.0 Å². The number of hydrogen-bond donors (Lipinski definition) is 1. The molecule has 1 aromatic carbocycles. The molecule has 0 bridgehead atoms. The Morgan fingerprint density at radius 1 is 1.25 bits per heavy atom. The molecule has 8 nitrogen and oxygen atoms in total. The number of benzene rings is 1. The van der Waals surface area contributed by atoms with E-state index in [2.05, 4.69) is 10.4 Å². The third kappa shape index (κ3) is 6.10. The maximum Gasteiger partial charge on any atom is 0.243 e. The smallest absolute Gasteiger partial charge is 0.243 e. The Kier molecular flexibility index (Phi) is 7.61. The minimum atomic E-state index is -3.46. The van der Waals surface area contributed by atoms with E-state index < -0.39 is 15.8 Å². The molecule has 0 spiro atoms. The fraction of sp³-hybridized carbons (Fsp3) is 0.500. The summed E-state index contributed by atoms with van der Waals surface area (Å²) >= 11 is 6.25. The number of hydrogen-bond acceptors (Lipinski definition) is 5. The highest BCUT2D eigenvalue weighted by Gasteiger charge is 2.28. The van der Waals surface area contributed by atoms with E-state index in [1.165, 1.54) is 15.6 Å². The summed E-state index contributed by atoms with van der Waals surface area (Å²) in [5.41, 5.74) is 0.675. The first-order valence-corrected chi connectivity index (χ1v) is 12.9. The van der Waals surface area contributed by atoms with E-state index in [-0.39, 0.29) is 28.3 Å². The molecule has 1 aliphatic carbocycles. The summed E-state index contributed by atoms with van der Waals surface area (Å²) in [4.78, 5) is 26.6. The van der Waals surface area contributed by atoms with Gasteiger partial charge in [0, 0.05) is 32.6 Å². The quantitative estimate of drug-likeness (QED) is 0.624. The third-order valence-corrected chi connectivity index (χ3v) is 7.39. The third-order valence-electron chi connectivity index (χ3n) is 5.81. The van der Waals surface area contributed by atoms with Gasteiger partial charge >= 0.3 is 0 Å².